The second-order valence-electron chi connectivity index (χ2n) is 9.16. The first-order valence-electron chi connectivity index (χ1n) is 9.53. The monoisotopic (exact) mass is 344 g/mol. The number of carbonyl (C=O) groups excluding carboxylic acids is 2. The van der Waals surface area contributed by atoms with E-state index in [0.717, 1.165) is 24.8 Å². The second kappa shape index (κ2) is 5.46. The molecule has 2 aliphatic carbocycles. The highest BCUT2D eigenvalue weighted by Crippen LogP contribution is 2.65. The molecule has 4 rings (SSSR count). The predicted octanol–water partition coefficient (Wildman–Crippen LogP) is 4.55. The molecule has 1 aliphatic heterocycles. The Balaban J connectivity index is 1.78. The number of esters is 1. The summed E-state index contributed by atoms with van der Waals surface area (Å²) in [6.07, 6.45) is 6.37. The Morgan fingerprint density at radius 3 is 2.60 bits per heavy atom. The Kier molecular flexibility index (Phi) is 3.68. The van der Waals surface area contributed by atoms with Crippen molar-refractivity contribution >= 4 is 11.8 Å². The van der Waals surface area contributed by atoms with Crippen LogP contribution in [0.25, 0.3) is 0 Å². The second-order valence-corrected chi connectivity index (χ2v) is 9.16. The van der Waals surface area contributed by atoms with Gasteiger partial charge >= 0.3 is 5.97 Å². The molecule has 1 aromatic heterocycles. The van der Waals surface area contributed by atoms with Crippen LogP contribution >= 0.6 is 0 Å². The van der Waals surface area contributed by atoms with Crippen molar-refractivity contribution in [3.8, 4) is 0 Å². The Morgan fingerprint density at radius 2 is 1.92 bits per heavy atom. The highest BCUT2D eigenvalue weighted by Gasteiger charge is 2.64. The zero-order valence-corrected chi connectivity index (χ0v) is 15.6. The summed E-state index contributed by atoms with van der Waals surface area (Å²) in [4.78, 5) is 26.1. The van der Waals surface area contributed by atoms with Crippen molar-refractivity contribution in [3.63, 3.8) is 0 Å². The van der Waals surface area contributed by atoms with Gasteiger partial charge < -0.3 is 9.15 Å². The topological polar surface area (TPSA) is 56.5 Å². The van der Waals surface area contributed by atoms with Crippen LogP contribution < -0.4 is 0 Å². The molecule has 0 spiro atoms. The van der Waals surface area contributed by atoms with Gasteiger partial charge in [-0.2, -0.15) is 0 Å². The molecule has 0 radical (unpaired) electrons. The maximum Gasteiger partial charge on any atom is 0.310 e. The van der Waals surface area contributed by atoms with E-state index in [2.05, 4.69) is 27.7 Å². The van der Waals surface area contributed by atoms with Crippen molar-refractivity contribution in [3.05, 3.63) is 24.2 Å². The van der Waals surface area contributed by atoms with Crippen LogP contribution in [0.15, 0.2) is 23.0 Å². The highest BCUT2D eigenvalue weighted by molar-refractivity contribution is 5.87. The number of Topliss-reactive ketones (excluding diaryl/α,β-unsaturated/α-hetero) is 1. The lowest BCUT2D eigenvalue weighted by Crippen LogP contribution is -2.61. The lowest BCUT2D eigenvalue weighted by molar-refractivity contribution is -0.201. The van der Waals surface area contributed by atoms with Gasteiger partial charge in [0, 0.05) is 17.4 Å². The van der Waals surface area contributed by atoms with Crippen LogP contribution in [0.2, 0.25) is 0 Å². The van der Waals surface area contributed by atoms with Crippen molar-refractivity contribution < 1.29 is 18.7 Å². The first kappa shape index (κ1) is 16.9. The van der Waals surface area contributed by atoms with Gasteiger partial charge in [-0.15, -0.1) is 0 Å². The molecule has 2 saturated carbocycles. The van der Waals surface area contributed by atoms with Gasteiger partial charge in [-0.1, -0.05) is 27.7 Å². The summed E-state index contributed by atoms with van der Waals surface area (Å²) in [5, 5.41) is 0. The van der Waals surface area contributed by atoms with Crippen molar-refractivity contribution in [2.24, 2.45) is 34.5 Å². The van der Waals surface area contributed by atoms with Crippen molar-refractivity contribution in [1.82, 2.24) is 0 Å². The van der Waals surface area contributed by atoms with E-state index in [1.165, 1.54) is 0 Å². The lowest BCUT2D eigenvalue weighted by Gasteiger charge is -2.61. The van der Waals surface area contributed by atoms with Gasteiger partial charge in [0.1, 0.15) is 11.9 Å². The molecule has 136 valence electrons. The summed E-state index contributed by atoms with van der Waals surface area (Å²) in [6, 6.07) is 1.86. The fourth-order valence-electron chi connectivity index (χ4n) is 6.22. The molecule has 0 bridgehead atoms. The number of rotatable bonds is 1. The molecule has 0 aromatic carbocycles. The number of hydrogen-bond acceptors (Lipinski definition) is 4. The molecule has 1 saturated heterocycles. The van der Waals surface area contributed by atoms with Crippen molar-refractivity contribution in [1.29, 1.82) is 0 Å². The smallest absolute Gasteiger partial charge is 0.310 e. The van der Waals surface area contributed by atoms with Crippen LogP contribution in [0.3, 0.4) is 0 Å². The number of fused-ring (bicyclic) bond motifs is 3. The summed E-state index contributed by atoms with van der Waals surface area (Å²) in [6.45, 7) is 8.78. The van der Waals surface area contributed by atoms with E-state index in [0.29, 0.717) is 18.1 Å². The van der Waals surface area contributed by atoms with Crippen LogP contribution in [0.4, 0.5) is 0 Å². The van der Waals surface area contributed by atoms with Crippen LogP contribution in [0, 0.1) is 34.5 Å². The molecule has 7 atom stereocenters. The predicted molar refractivity (Wildman–Crippen MR) is 92.5 cm³/mol. The van der Waals surface area contributed by atoms with Gasteiger partial charge in [0.05, 0.1) is 18.4 Å². The van der Waals surface area contributed by atoms with E-state index in [4.69, 9.17) is 9.15 Å². The zero-order valence-electron chi connectivity index (χ0n) is 15.6. The van der Waals surface area contributed by atoms with E-state index in [9.17, 15) is 9.59 Å². The van der Waals surface area contributed by atoms with Crippen LogP contribution in [0.5, 0.6) is 0 Å². The SMILES string of the molecule is C[C@@H]1C[C@@H](C)[C@]2(C)CC[C@H]3C(=O)O[C@H](c4ccoc4)C[C@]3(C)C2C1=O. The standard InChI is InChI=1S/C21H28O4/c1-12-9-13(2)20(3)7-5-15-19(23)25-16(14-6-8-24-11-14)10-21(15,4)18(20)17(12)22/h6,8,11-13,15-16,18H,5,7,9-10H2,1-4H3/t12-,13-,15+,16+,18?,20+,21+/m1/s1. The summed E-state index contributed by atoms with van der Waals surface area (Å²) in [7, 11) is 0. The molecule has 0 N–H and O–H groups in total. The number of cyclic esters (lactones) is 1. The van der Waals surface area contributed by atoms with Crippen LogP contribution in [-0.2, 0) is 14.3 Å². The zero-order chi connectivity index (χ0) is 18.0. The van der Waals surface area contributed by atoms with Crippen molar-refractivity contribution in [2.75, 3.05) is 0 Å². The van der Waals surface area contributed by atoms with Gasteiger partial charge in [-0.3, -0.25) is 9.59 Å². The third-order valence-electron chi connectivity index (χ3n) is 7.77. The Morgan fingerprint density at radius 1 is 1.16 bits per heavy atom. The quantitative estimate of drug-likeness (QED) is 0.701. The average Bonchev–Trinajstić information content (AvgIpc) is 3.06. The van der Waals surface area contributed by atoms with E-state index in [-0.39, 0.29) is 40.7 Å². The summed E-state index contributed by atoms with van der Waals surface area (Å²) in [5.74, 6) is 0.548. The fourth-order valence-corrected chi connectivity index (χ4v) is 6.22. The molecular formula is C21H28O4. The summed E-state index contributed by atoms with van der Waals surface area (Å²) >= 11 is 0. The van der Waals surface area contributed by atoms with Gasteiger partial charge in [0.25, 0.3) is 0 Å². The summed E-state index contributed by atoms with van der Waals surface area (Å²) < 4.78 is 11.0. The molecule has 0 amide bonds. The minimum atomic E-state index is -0.343. The van der Waals surface area contributed by atoms with Gasteiger partial charge in [-0.25, -0.2) is 0 Å². The number of hydrogen-bond donors (Lipinski definition) is 0. The summed E-state index contributed by atoms with van der Waals surface area (Å²) in [5.41, 5.74) is 0.530. The maximum atomic E-state index is 13.3. The van der Waals surface area contributed by atoms with E-state index in [1.807, 2.05) is 6.07 Å². The molecular weight excluding hydrogens is 316 g/mol. The highest BCUT2D eigenvalue weighted by atomic mass is 16.5. The number of ketones is 1. The molecule has 1 unspecified atom stereocenters. The van der Waals surface area contributed by atoms with Crippen molar-refractivity contribution in [2.45, 2.75) is 59.5 Å². The minimum absolute atomic E-state index is 0.0204. The molecule has 4 nitrogen and oxygen atoms in total. The molecule has 25 heavy (non-hydrogen) atoms. The Hall–Kier alpha value is -1.58. The fraction of sp³-hybridized carbons (Fsp3) is 0.714. The molecule has 3 fully saturated rings. The first-order chi connectivity index (χ1) is 11.8. The maximum absolute atomic E-state index is 13.3. The first-order valence-corrected chi connectivity index (χ1v) is 9.53. The number of ether oxygens (including phenoxy) is 1. The number of furan rings is 1. The molecule has 4 heteroatoms. The lowest BCUT2D eigenvalue weighted by atomic mass is 9.42. The third kappa shape index (κ3) is 2.25. The van der Waals surface area contributed by atoms with Gasteiger partial charge in [-0.05, 0) is 48.5 Å². The van der Waals surface area contributed by atoms with Gasteiger partial charge in [0.15, 0.2) is 0 Å². The minimum Gasteiger partial charge on any atom is -0.472 e. The largest absolute Gasteiger partial charge is 0.472 e. The molecule has 2 heterocycles. The molecule has 1 aromatic rings. The molecule has 3 aliphatic rings. The number of carbonyl (C=O) groups is 2. The van der Waals surface area contributed by atoms with Crippen LogP contribution in [-0.4, -0.2) is 11.8 Å². The normalized spacial score (nSPS) is 47.0. The van der Waals surface area contributed by atoms with E-state index in [1.54, 1.807) is 12.5 Å². The van der Waals surface area contributed by atoms with E-state index < -0.39 is 0 Å². The van der Waals surface area contributed by atoms with Crippen LogP contribution in [0.1, 0.15) is 65.0 Å². The Labute approximate surface area is 149 Å². The Bertz CT molecular complexity index is 693. The third-order valence-corrected chi connectivity index (χ3v) is 7.77. The van der Waals surface area contributed by atoms with Gasteiger partial charge in [0.2, 0.25) is 0 Å². The average molecular weight is 344 g/mol. The van der Waals surface area contributed by atoms with E-state index >= 15 is 0 Å².